The molecule has 0 radical (unpaired) electrons. The van der Waals surface area contributed by atoms with Gasteiger partial charge in [-0.15, -0.1) is 0 Å². The topological polar surface area (TPSA) is 59.1 Å². The second kappa shape index (κ2) is 5.28. The summed E-state index contributed by atoms with van der Waals surface area (Å²) in [6.45, 7) is 2.09. The average Bonchev–Trinajstić information content (AvgIpc) is 2.54. The van der Waals surface area contributed by atoms with Crippen LogP contribution in [0.2, 0.25) is 0 Å². The smallest absolute Gasteiger partial charge is 0.127 e. The lowest BCUT2D eigenvalue weighted by Crippen LogP contribution is -2.36. The highest BCUT2D eigenvalue weighted by Crippen LogP contribution is 2.30. The number of nitrogens with zero attached hydrogens (tertiary/aromatic N) is 1. The lowest BCUT2D eigenvalue weighted by atomic mass is 9.86. The first-order valence-electron chi connectivity index (χ1n) is 6.99. The Morgan fingerprint density at radius 1 is 1.00 bits per heavy atom. The molecule has 21 heavy (non-hydrogen) atoms. The molecule has 0 aliphatic rings. The normalized spacial score (nSPS) is 14.0. The molecule has 3 N–H and O–H groups in total. The zero-order valence-corrected chi connectivity index (χ0v) is 12.0. The number of aryl methyl sites for hydroxylation is 1. The van der Waals surface area contributed by atoms with E-state index < -0.39 is 5.60 Å². The van der Waals surface area contributed by atoms with Gasteiger partial charge in [0, 0.05) is 17.6 Å². The van der Waals surface area contributed by atoms with Crippen LogP contribution in [0, 0.1) is 6.92 Å². The molecule has 0 bridgehead atoms. The van der Waals surface area contributed by atoms with Crippen molar-refractivity contribution in [3.63, 3.8) is 0 Å². The molecule has 0 spiro atoms. The van der Waals surface area contributed by atoms with Gasteiger partial charge in [-0.05, 0) is 36.2 Å². The summed E-state index contributed by atoms with van der Waals surface area (Å²) >= 11 is 0. The first-order valence-corrected chi connectivity index (χ1v) is 6.99. The molecule has 0 fully saturated rings. The van der Waals surface area contributed by atoms with Crippen molar-refractivity contribution in [3.8, 4) is 0 Å². The van der Waals surface area contributed by atoms with Crippen LogP contribution in [-0.2, 0) is 5.60 Å². The van der Waals surface area contributed by atoms with E-state index in [4.69, 9.17) is 5.73 Å². The molecule has 3 aromatic rings. The van der Waals surface area contributed by atoms with E-state index >= 15 is 0 Å². The molecule has 3 rings (SSSR count). The van der Waals surface area contributed by atoms with Gasteiger partial charge in [0.1, 0.15) is 5.60 Å². The van der Waals surface area contributed by atoms with E-state index in [0.717, 1.165) is 27.7 Å². The van der Waals surface area contributed by atoms with Crippen molar-refractivity contribution in [1.82, 2.24) is 4.98 Å². The van der Waals surface area contributed by atoms with E-state index in [1.165, 1.54) is 0 Å². The van der Waals surface area contributed by atoms with E-state index in [1.807, 2.05) is 67.6 Å². The predicted octanol–water partition coefficient (Wildman–Crippen LogP) is 2.74. The molecule has 0 saturated carbocycles. The van der Waals surface area contributed by atoms with Crippen molar-refractivity contribution >= 4 is 10.9 Å². The number of aromatic nitrogens is 1. The molecule has 0 aliphatic carbocycles. The zero-order chi connectivity index (χ0) is 14.9. The Hall–Kier alpha value is -2.23. The first-order chi connectivity index (χ1) is 10.1. The third-order valence-electron chi connectivity index (χ3n) is 3.85. The molecule has 1 heterocycles. The third-order valence-corrected chi connectivity index (χ3v) is 3.85. The number of pyridine rings is 1. The average molecular weight is 278 g/mol. The van der Waals surface area contributed by atoms with Crippen LogP contribution in [-0.4, -0.2) is 16.6 Å². The fourth-order valence-corrected chi connectivity index (χ4v) is 2.60. The maximum atomic E-state index is 11.0. The van der Waals surface area contributed by atoms with Crippen molar-refractivity contribution in [3.05, 3.63) is 77.5 Å². The second-order valence-electron chi connectivity index (χ2n) is 5.29. The van der Waals surface area contributed by atoms with Gasteiger partial charge < -0.3 is 10.8 Å². The highest BCUT2D eigenvalue weighted by atomic mass is 16.3. The summed E-state index contributed by atoms with van der Waals surface area (Å²) in [7, 11) is 0. The van der Waals surface area contributed by atoms with Crippen molar-refractivity contribution in [2.24, 2.45) is 5.73 Å². The summed E-state index contributed by atoms with van der Waals surface area (Å²) in [4.78, 5) is 4.48. The Morgan fingerprint density at radius 2 is 1.76 bits per heavy atom. The molecular weight excluding hydrogens is 260 g/mol. The van der Waals surface area contributed by atoms with Crippen LogP contribution in [0.1, 0.15) is 16.8 Å². The Kier molecular flexibility index (Phi) is 3.45. The van der Waals surface area contributed by atoms with Crippen LogP contribution >= 0.6 is 0 Å². The van der Waals surface area contributed by atoms with Gasteiger partial charge >= 0.3 is 0 Å². The number of fused-ring (bicyclic) bond motifs is 1. The second-order valence-corrected chi connectivity index (χ2v) is 5.29. The van der Waals surface area contributed by atoms with Crippen LogP contribution in [0.15, 0.2) is 60.7 Å². The monoisotopic (exact) mass is 278 g/mol. The number of hydrogen-bond donors (Lipinski definition) is 2. The molecule has 1 atom stereocenters. The van der Waals surface area contributed by atoms with Gasteiger partial charge in [0.15, 0.2) is 0 Å². The minimum Gasteiger partial charge on any atom is -0.379 e. The van der Waals surface area contributed by atoms with E-state index in [1.54, 1.807) is 0 Å². The van der Waals surface area contributed by atoms with Gasteiger partial charge in [0.05, 0.1) is 5.52 Å². The van der Waals surface area contributed by atoms with Gasteiger partial charge in [-0.1, -0.05) is 42.5 Å². The number of nitrogens with two attached hydrogens (primary N) is 1. The molecule has 0 saturated heterocycles. The summed E-state index contributed by atoms with van der Waals surface area (Å²) in [5, 5.41) is 12.0. The van der Waals surface area contributed by atoms with Gasteiger partial charge in [0.25, 0.3) is 0 Å². The molecular formula is C18H18N2O. The highest BCUT2D eigenvalue weighted by Gasteiger charge is 2.29. The van der Waals surface area contributed by atoms with Crippen molar-refractivity contribution < 1.29 is 5.11 Å². The maximum absolute atomic E-state index is 11.0. The van der Waals surface area contributed by atoms with Gasteiger partial charge in [-0.25, -0.2) is 0 Å². The fourth-order valence-electron chi connectivity index (χ4n) is 2.60. The number of hydrogen-bond acceptors (Lipinski definition) is 3. The Balaban J connectivity index is 2.15. The Morgan fingerprint density at radius 3 is 2.48 bits per heavy atom. The lowest BCUT2D eigenvalue weighted by molar-refractivity contribution is 0.0904. The molecule has 3 heteroatoms. The Bertz CT molecular complexity index is 771. The molecule has 1 aromatic heterocycles. The minimum atomic E-state index is -1.18. The molecule has 2 aromatic carbocycles. The van der Waals surface area contributed by atoms with Crippen molar-refractivity contribution in [2.75, 3.05) is 6.54 Å². The Labute approximate surface area is 124 Å². The molecule has 106 valence electrons. The molecule has 3 nitrogen and oxygen atoms in total. The SMILES string of the molecule is Cc1ccc2cc(C(O)(CN)c3ccccc3)ccc2n1. The quantitative estimate of drug-likeness (QED) is 0.774. The van der Waals surface area contributed by atoms with E-state index in [0.29, 0.717) is 0 Å². The van der Waals surface area contributed by atoms with E-state index in [2.05, 4.69) is 4.98 Å². The van der Waals surface area contributed by atoms with Gasteiger partial charge in [-0.3, -0.25) is 4.98 Å². The van der Waals surface area contributed by atoms with E-state index in [9.17, 15) is 5.11 Å². The largest absolute Gasteiger partial charge is 0.379 e. The predicted molar refractivity (Wildman–Crippen MR) is 85.0 cm³/mol. The number of rotatable bonds is 3. The summed E-state index contributed by atoms with van der Waals surface area (Å²) < 4.78 is 0. The van der Waals surface area contributed by atoms with Crippen molar-refractivity contribution in [2.45, 2.75) is 12.5 Å². The van der Waals surface area contributed by atoms with Crippen LogP contribution < -0.4 is 5.73 Å². The highest BCUT2D eigenvalue weighted by molar-refractivity contribution is 5.79. The standard InChI is InChI=1S/C18H18N2O/c1-13-7-8-14-11-16(9-10-17(14)20-13)18(21,12-19)15-5-3-2-4-6-15/h2-11,21H,12,19H2,1H3. The van der Waals surface area contributed by atoms with Crippen LogP contribution in [0.25, 0.3) is 10.9 Å². The van der Waals surface area contributed by atoms with Crippen LogP contribution in [0.5, 0.6) is 0 Å². The molecule has 0 aliphatic heterocycles. The first kappa shape index (κ1) is 13.7. The fraction of sp³-hybridized carbons (Fsp3) is 0.167. The van der Waals surface area contributed by atoms with Crippen molar-refractivity contribution in [1.29, 1.82) is 0 Å². The summed E-state index contributed by atoms with van der Waals surface area (Å²) in [6.07, 6.45) is 0. The number of benzene rings is 2. The summed E-state index contributed by atoms with van der Waals surface area (Å²) in [6, 6.07) is 19.3. The molecule has 0 amide bonds. The van der Waals surface area contributed by atoms with Crippen LogP contribution in [0.3, 0.4) is 0 Å². The summed E-state index contributed by atoms with van der Waals surface area (Å²) in [5.41, 5.74) is 8.18. The summed E-state index contributed by atoms with van der Waals surface area (Å²) in [5.74, 6) is 0. The van der Waals surface area contributed by atoms with Gasteiger partial charge in [-0.2, -0.15) is 0 Å². The lowest BCUT2D eigenvalue weighted by Gasteiger charge is -2.28. The van der Waals surface area contributed by atoms with E-state index in [-0.39, 0.29) is 6.54 Å². The maximum Gasteiger partial charge on any atom is 0.127 e. The minimum absolute atomic E-state index is 0.127. The zero-order valence-electron chi connectivity index (χ0n) is 12.0. The van der Waals surface area contributed by atoms with Crippen LogP contribution in [0.4, 0.5) is 0 Å². The number of aliphatic hydroxyl groups is 1. The third kappa shape index (κ3) is 2.42. The van der Waals surface area contributed by atoms with Gasteiger partial charge in [0.2, 0.25) is 0 Å². The molecule has 1 unspecified atom stereocenters.